The Morgan fingerprint density at radius 2 is 2.05 bits per heavy atom. The highest BCUT2D eigenvalue weighted by Gasteiger charge is 2.16. The summed E-state index contributed by atoms with van der Waals surface area (Å²) in [5, 5.41) is 10.0. The van der Waals surface area contributed by atoms with Crippen molar-refractivity contribution in [2.75, 3.05) is 7.11 Å². The van der Waals surface area contributed by atoms with Crippen molar-refractivity contribution in [2.24, 2.45) is 0 Å². The predicted octanol–water partition coefficient (Wildman–Crippen LogP) is 2.78. The fourth-order valence-corrected chi connectivity index (χ4v) is 2.65. The molecule has 0 N–H and O–H groups in total. The average molecular weight is 285 g/mol. The van der Waals surface area contributed by atoms with Gasteiger partial charge in [0.2, 0.25) is 0 Å². The summed E-state index contributed by atoms with van der Waals surface area (Å²) in [6, 6.07) is 11.6. The van der Waals surface area contributed by atoms with Crippen LogP contribution in [0.25, 0.3) is 16.9 Å². The molecule has 2 heterocycles. The Bertz CT molecular complexity index is 734. The monoisotopic (exact) mass is 285 g/mol. The molecule has 3 rings (SSSR count). The molecule has 20 heavy (non-hydrogen) atoms. The van der Waals surface area contributed by atoms with Crippen molar-refractivity contribution in [2.45, 2.75) is 0 Å². The number of aromatic nitrogens is 3. The number of carbonyl (C=O) groups is 1. The highest BCUT2D eigenvalue weighted by molar-refractivity contribution is 7.12. The quantitative estimate of drug-likeness (QED) is 0.694. The van der Waals surface area contributed by atoms with Gasteiger partial charge in [0.25, 0.3) is 0 Å². The first kappa shape index (κ1) is 12.6. The third-order valence-electron chi connectivity index (χ3n) is 2.82. The van der Waals surface area contributed by atoms with Crippen molar-refractivity contribution in [3.05, 3.63) is 52.9 Å². The van der Waals surface area contributed by atoms with E-state index in [1.807, 2.05) is 41.8 Å². The second-order valence-corrected chi connectivity index (χ2v) is 4.96. The minimum Gasteiger partial charge on any atom is -0.465 e. The summed E-state index contributed by atoms with van der Waals surface area (Å²) in [4.78, 5) is 12.2. The van der Waals surface area contributed by atoms with Gasteiger partial charge in [-0.3, -0.25) is 0 Å². The Balaban J connectivity index is 1.99. The van der Waals surface area contributed by atoms with Crippen molar-refractivity contribution in [3.63, 3.8) is 0 Å². The van der Waals surface area contributed by atoms with Gasteiger partial charge in [-0.25, -0.2) is 9.48 Å². The molecule has 3 aromatic rings. The molecular formula is C14H11N3O2S. The Morgan fingerprint density at radius 1 is 1.25 bits per heavy atom. The minimum atomic E-state index is -0.369. The van der Waals surface area contributed by atoms with Gasteiger partial charge < -0.3 is 4.74 Å². The summed E-state index contributed by atoms with van der Waals surface area (Å²) in [5.74, 6) is -0.369. The lowest BCUT2D eigenvalue weighted by Crippen LogP contribution is -2.04. The van der Waals surface area contributed by atoms with E-state index in [0.717, 1.165) is 11.3 Å². The summed E-state index contributed by atoms with van der Waals surface area (Å²) in [5.41, 5.74) is 2.41. The number of benzene rings is 1. The summed E-state index contributed by atoms with van der Waals surface area (Å²) >= 11 is 1.32. The molecule has 2 aromatic heterocycles. The first-order valence-electron chi connectivity index (χ1n) is 5.93. The lowest BCUT2D eigenvalue weighted by atomic mass is 10.2. The lowest BCUT2D eigenvalue weighted by molar-refractivity contribution is 0.0606. The topological polar surface area (TPSA) is 57.0 Å². The molecule has 0 aliphatic carbocycles. The van der Waals surface area contributed by atoms with Gasteiger partial charge in [-0.05, 0) is 11.4 Å². The van der Waals surface area contributed by atoms with Gasteiger partial charge in [0.15, 0.2) is 0 Å². The number of ether oxygens (including phenoxy) is 1. The SMILES string of the molecule is COC(=O)c1sccc1-n1cc(-c2ccccc2)nn1. The van der Waals surface area contributed by atoms with Gasteiger partial charge in [0.1, 0.15) is 10.6 Å². The first-order valence-corrected chi connectivity index (χ1v) is 6.81. The van der Waals surface area contributed by atoms with E-state index < -0.39 is 0 Å². The van der Waals surface area contributed by atoms with Crippen molar-refractivity contribution in [3.8, 4) is 16.9 Å². The van der Waals surface area contributed by atoms with E-state index in [1.54, 1.807) is 10.9 Å². The number of methoxy groups -OCH3 is 1. The largest absolute Gasteiger partial charge is 0.465 e. The van der Waals surface area contributed by atoms with Crippen LogP contribution >= 0.6 is 11.3 Å². The van der Waals surface area contributed by atoms with E-state index in [-0.39, 0.29) is 5.97 Å². The lowest BCUT2D eigenvalue weighted by Gasteiger charge is -2.00. The number of thiophene rings is 1. The van der Waals surface area contributed by atoms with E-state index in [4.69, 9.17) is 4.74 Å². The van der Waals surface area contributed by atoms with Crippen LogP contribution in [-0.4, -0.2) is 28.1 Å². The van der Waals surface area contributed by atoms with Crippen molar-refractivity contribution in [1.82, 2.24) is 15.0 Å². The molecule has 0 unspecified atom stereocenters. The second kappa shape index (κ2) is 5.26. The molecule has 0 aliphatic rings. The Hall–Kier alpha value is -2.47. The predicted molar refractivity (Wildman–Crippen MR) is 76.0 cm³/mol. The van der Waals surface area contributed by atoms with Gasteiger partial charge in [-0.15, -0.1) is 16.4 Å². The number of rotatable bonds is 3. The first-order chi connectivity index (χ1) is 9.79. The molecule has 0 spiro atoms. The molecule has 0 saturated heterocycles. The summed E-state index contributed by atoms with van der Waals surface area (Å²) in [6.45, 7) is 0. The van der Waals surface area contributed by atoms with Crippen LogP contribution in [0, 0.1) is 0 Å². The standard InChI is InChI=1S/C14H11N3O2S/c1-19-14(18)13-12(7-8-20-13)17-9-11(15-16-17)10-5-3-2-4-6-10/h2-9H,1H3. The normalized spacial score (nSPS) is 10.4. The van der Waals surface area contributed by atoms with Crippen molar-refractivity contribution in [1.29, 1.82) is 0 Å². The van der Waals surface area contributed by atoms with Crippen LogP contribution in [0.2, 0.25) is 0 Å². The molecule has 0 atom stereocenters. The van der Waals surface area contributed by atoms with Crippen LogP contribution < -0.4 is 0 Å². The minimum absolute atomic E-state index is 0.369. The molecule has 0 radical (unpaired) electrons. The van der Waals surface area contributed by atoms with E-state index in [9.17, 15) is 4.79 Å². The fourth-order valence-electron chi connectivity index (χ4n) is 1.85. The van der Waals surface area contributed by atoms with Crippen molar-refractivity contribution < 1.29 is 9.53 Å². The van der Waals surface area contributed by atoms with Crippen LogP contribution in [0.1, 0.15) is 9.67 Å². The maximum Gasteiger partial charge on any atom is 0.350 e. The number of esters is 1. The summed E-state index contributed by atoms with van der Waals surface area (Å²) in [7, 11) is 1.36. The smallest absolute Gasteiger partial charge is 0.350 e. The van der Waals surface area contributed by atoms with Crippen LogP contribution in [0.15, 0.2) is 48.0 Å². The van der Waals surface area contributed by atoms with E-state index in [2.05, 4.69) is 10.3 Å². The molecule has 100 valence electrons. The molecule has 6 heteroatoms. The molecular weight excluding hydrogens is 274 g/mol. The Morgan fingerprint density at radius 3 is 2.80 bits per heavy atom. The summed E-state index contributed by atoms with van der Waals surface area (Å²) < 4.78 is 6.35. The number of hydrogen-bond donors (Lipinski definition) is 0. The number of nitrogens with zero attached hydrogens (tertiary/aromatic N) is 3. The molecule has 0 aliphatic heterocycles. The molecule has 5 nitrogen and oxygen atoms in total. The zero-order valence-corrected chi connectivity index (χ0v) is 11.5. The molecule has 0 saturated carbocycles. The Kier molecular flexibility index (Phi) is 3.30. The molecule has 0 amide bonds. The van der Waals surface area contributed by atoms with E-state index in [1.165, 1.54) is 18.4 Å². The third-order valence-corrected chi connectivity index (χ3v) is 3.71. The molecule has 0 fully saturated rings. The maximum atomic E-state index is 11.7. The number of hydrogen-bond acceptors (Lipinski definition) is 5. The van der Waals surface area contributed by atoms with Crippen LogP contribution in [0.3, 0.4) is 0 Å². The van der Waals surface area contributed by atoms with Gasteiger partial charge in [-0.1, -0.05) is 35.5 Å². The van der Waals surface area contributed by atoms with Crippen LogP contribution in [0.5, 0.6) is 0 Å². The summed E-state index contributed by atoms with van der Waals surface area (Å²) in [6.07, 6.45) is 1.80. The highest BCUT2D eigenvalue weighted by Crippen LogP contribution is 2.23. The van der Waals surface area contributed by atoms with E-state index in [0.29, 0.717) is 10.6 Å². The zero-order valence-electron chi connectivity index (χ0n) is 10.7. The van der Waals surface area contributed by atoms with Crippen LogP contribution in [-0.2, 0) is 4.74 Å². The highest BCUT2D eigenvalue weighted by atomic mass is 32.1. The fraction of sp³-hybridized carbons (Fsp3) is 0.0714. The maximum absolute atomic E-state index is 11.7. The molecule has 1 aromatic carbocycles. The van der Waals surface area contributed by atoms with Gasteiger partial charge in [0, 0.05) is 5.56 Å². The van der Waals surface area contributed by atoms with Crippen LogP contribution in [0.4, 0.5) is 0 Å². The zero-order chi connectivity index (χ0) is 13.9. The molecule has 0 bridgehead atoms. The van der Waals surface area contributed by atoms with Gasteiger partial charge >= 0.3 is 5.97 Å². The Labute approximate surface area is 119 Å². The average Bonchev–Trinajstić information content (AvgIpc) is 3.15. The van der Waals surface area contributed by atoms with Crippen molar-refractivity contribution >= 4 is 17.3 Å². The number of carbonyl (C=O) groups excluding carboxylic acids is 1. The van der Waals surface area contributed by atoms with Gasteiger partial charge in [0.05, 0.1) is 19.0 Å². The third kappa shape index (κ3) is 2.21. The van der Waals surface area contributed by atoms with Gasteiger partial charge in [-0.2, -0.15) is 0 Å². The second-order valence-electron chi connectivity index (χ2n) is 4.04. The van der Waals surface area contributed by atoms with E-state index >= 15 is 0 Å².